The molecule has 3 rings (SSSR count). The van der Waals surface area contributed by atoms with E-state index in [1.807, 2.05) is 11.8 Å². The minimum atomic E-state index is 0.755. The Bertz CT molecular complexity index is 408. The van der Waals surface area contributed by atoms with Crippen molar-refractivity contribution in [1.82, 2.24) is 0 Å². The van der Waals surface area contributed by atoms with Gasteiger partial charge in [-0.25, -0.2) is 0 Å². The molecule has 1 aliphatic heterocycles. The number of benzene rings is 1. The minimum Gasteiger partial charge on any atom is -0.125 e. The van der Waals surface area contributed by atoms with Crippen molar-refractivity contribution >= 4 is 17.3 Å². The second kappa shape index (κ2) is 4.29. The van der Waals surface area contributed by atoms with E-state index in [-0.39, 0.29) is 0 Å². The van der Waals surface area contributed by atoms with Gasteiger partial charge in [0.05, 0.1) is 0 Å². The highest BCUT2D eigenvalue weighted by atomic mass is 32.2. The van der Waals surface area contributed by atoms with Gasteiger partial charge >= 0.3 is 0 Å². The smallest absolute Gasteiger partial charge is 0.0147 e. The number of thioether (sulfide) groups is 1. The van der Waals surface area contributed by atoms with Crippen LogP contribution in [-0.4, -0.2) is 5.75 Å². The summed E-state index contributed by atoms with van der Waals surface area (Å²) in [7, 11) is 0. The van der Waals surface area contributed by atoms with Gasteiger partial charge in [-0.15, -0.1) is 11.8 Å². The molecule has 0 N–H and O–H groups in total. The molecule has 1 aliphatic carbocycles. The fourth-order valence-electron chi connectivity index (χ4n) is 3.12. The predicted molar refractivity (Wildman–Crippen MR) is 71.6 cm³/mol. The summed E-state index contributed by atoms with van der Waals surface area (Å²) in [6.07, 6.45) is 5.58. The zero-order valence-electron chi connectivity index (χ0n) is 9.61. The summed E-state index contributed by atoms with van der Waals surface area (Å²) >= 11 is 2.04. The van der Waals surface area contributed by atoms with Crippen LogP contribution in [0, 0.1) is 11.8 Å². The van der Waals surface area contributed by atoms with E-state index in [1.54, 1.807) is 0 Å². The Labute approximate surface area is 102 Å². The summed E-state index contributed by atoms with van der Waals surface area (Å²) in [5.74, 6) is 2.92. The second-order valence-electron chi connectivity index (χ2n) is 4.98. The van der Waals surface area contributed by atoms with E-state index in [0.717, 1.165) is 11.8 Å². The number of fused-ring (bicyclic) bond motifs is 2. The molecule has 1 aromatic carbocycles. The molecule has 0 saturated heterocycles. The van der Waals surface area contributed by atoms with Crippen LogP contribution in [0.1, 0.15) is 31.2 Å². The van der Waals surface area contributed by atoms with Crippen LogP contribution in [0.3, 0.4) is 0 Å². The molecule has 1 aromatic rings. The molecule has 84 valence electrons. The number of hydrogen-bond acceptors (Lipinski definition) is 1. The molecule has 2 atom stereocenters. The normalized spacial score (nSPS) is 29.1. The molecule has 16 heavy (non-hydrogen) atoms. The molecule has 1 heterocycles. The first-order chi connectivity index (χ1) is 7.86. The molecule has 0 aromatic heterocycles. The van der Waals surface area contributed by atoms with Crippen molar-refractivity contribution < 1.29 is 0 Å². The summed E-state index contributed by atoms with van der Waals surface area (Å²) in [5.41, 5.74) is 2.83. The first kappa shape index (κ1) is 10.5. The van der Waals surface area contributed by atoms with E-state index < -0.39 is 0 Å². The number of hydrogen-bond donors (Lipinski definition) is 0. The van der Waals surface area contributed by atoms with E-state index in [9.17, 15) is 0 Å². The molecular formula is C15H18S. The maximum absolute atomic E-state index is 4.39. The molecule has 1 heteroatoms. The fourth-order valence-corrected chi connectivity index (χ4v) is 4.44. The van der Waals surface area contributed by atoms with Crippen LogP contribution in [0.25, 0.3) is 5.57 Å². The Morgan fingerprint density at radius 1 is 1.12 bits per heavy atom. The second-order valence-corrected chi connectivity index (χ2v) is 6.05. The van der Waals surface area contributed by atoms with Crippen molar-refractivity contribution in [2.45, 2.75) is 30.6 Å². The third-order valence-corrected chi connectivity index (χ3v) is 5.30. The first-order valence-electron chi connectivity index (χ1n) is 6.27. The van der Waals surface area contributed by atoms with Gasteiger partial charge in [0.15, 0.2) is 0 Å². The van der Waals surface area contributed by atoms with Gasteiger partial charge in [-0.05, 0) is 41.9 Å². The molecule has 0 unspecified atom stereocenters. The quantitative estimate of drug-likeness (QED) is 0.627. The molecule has 0 bridgehead atoms. The Hall–Kier alpha value is -0.690. The van der Waals surface area contributed by atoms with Crippen molar-refractivity contribution in [3.8, 4) is 0 Å². The van der Waals surface area contributed by atoms with E-state index in [0.29, 0.717) is 0 Å². The lowest BCUT2D eigenvalue weighted by molar-refractivity contribution is 0.322. The van der Waals surface area contributed by atoms with Gasteiger partial charge in [-0.2, -0.15) is 0 Å². The van der Waals surface area contributed by atoms with Gasteiger partial charge in [-0.1, -0.05) is 37.6 Å². The number of rotatable bonds is 0. The minimum absolute atomic E-state index is 0.755. The molecule has 0 amide bonds. The monoisotopic (exact) mass is 230 g/mol. The standard InChI is InChI=1S/C15H18S/c1-11-13-7-3-2-6-12(13)10-16-15-9-5-4-8-14(11)15/h4-5,8-9,12-13H,1-3,6-7,10H2/t12-,13-/m0/s1. The summed E-state index contributed by atoms with van der Waals surface area (Å²) < 4.78 is 0. The van der Waals surface area contributed by atoms with Gasteiger partial charge in [0, 0.05) is 10.6 Å². The lowest BCUT2D eigenvalue weighted by atomic mass is 9.75. The Morgan fingerprint density at radius 2 is 1.94 bits per heavy atom. The first-order valence-corrected chi connectivity index (χ1v) is 7.26. The predicted octanol–water partition coefficient (Wildman–Crippen LogP) is 4.61. The Morgan fingerprint density at radius 3 is 2.88 bits per heavy atom. The zero-order valence-corrected chi connectivity index (χ0v) is 10.4. The van der Waals surface area contributed by atoms with E-state index in [4.69, 9.17) is 0 Å². The van der Waals surface area contributed by atoms with Crippen LogP contribution >= 0.6 is 11.8 Å². The van der Waals surface area contributed by atoms with Crippen LogP contribution in [-0.2, 0) is 0 Å². The van der Waals surface area contributed by atoms with Gasteiger partial charge in [0.2, 0.25) is 0 Å². The molecule has 0 radical (unpaired) electrons. The highest BCUT2D eigenvalue weighted by Gasteiger charge is 2.31. The molecular weight excluding hydrogens is 212 g/mol. The summed E-state index contributed by atoms with van der Waals surface area (Å²) in [6, 6.07) is 8.80. The molecule has 0 nitrogen and oxygen atoms in total. The van der Waals surface area contributed by atoms with E-state index in [1.165, 1.54) is 47.5 Å². The summed E-state index contributed by atoms with van der Waals surface area (Å²) in [6.45, 7) is 4.39. The fraction of sp³-hybridized carbons (Fsp3) is 0.467. The molecule has 1 fully saturated rings. The highest BCUT2D eigenvalue weighted by Crippen LogP contribution is 2.46. The average molecular weight is 230 g/mol. The van der Waals surface area contributed by atoms with E-state index in [2.05, 4.69) is 30.8 Å². The third kappa shape index (κ3) is 1.71. The summed E-state index contributed by atoms with van der Waals surface area (Å²) in [4.78, 5) is 1.45. The largest absolute Gasteiger partial charge is 0.125 e. The average Bonchev–Trinajstić information content (AvgIpc) is 2.49. The van der Waals surface area contributed by atoms with Crippen LogP contribution in [0.2, 0.25) is 0 Å². The van der Waals surface area contributed by atoms with Crippen molar-refractivity contribution in [2.24, 2.45) is 11.8 Å². The highest BCUT2D eigenvalue weighted by molar-refractivity contribution is 7.99. The SMILES string of the molecule is C=C1c2ccccc2SC[C@@H]2CCCC[C@@H]12. The molecule has 2 aliphatic rings. The van der Waals surface area contributed by atoms with Gasteiger partial charge in [0.25, 0.3) is 0 Å². The summed E-state index contributed by atoms with van der Waals surface area (Å²) in [5, 5.41) is 0. The maximum atomic E-state index is 4.39. The van der Waals surface area contributed by atoms with Crippen molar-refractivity contribution in [1.29, 1.82) is 0 Å². The van der Waals surface area contributed by atoms with Crippen molar-refractivity contribution in [3.05, 3.63) is 36.4 Å². The lowest BCUT2D eigenvalue weighted by Gasteiger charge is -2.30. The van der Waals surface area contributed by atoms with Gasteiger partial charge < -0.3 is 0 Å². The van der Waals surface area contributed by atoms with Crippen LogP contribution < -0.4 is 0 Å². The molecule has 1 saturated carbocycles. The van der Waals surface area contributed by atoms with Crippen molar-refractivity contribution in [3.63, 3.8) is 0 Å². The maximum Gasteiger partial charge on any atom is 0.0147 e. The van der Waals surface area contributed by atoms with Crippen LogP contribution in [0.5, 0.6) is 0 Å². The lowest BCUT2D eigenvalue weighted by Crippen LogP contribution is -2.21. The van der Waals surface area contributed by atoms with Crippen LogP contribution in [0.4, 0.5) is 0 Å². The Balaban J connectivity index is 1.99. The third-order valence-electron chi connectivity index (χ3n) is 4.04. The van der Waals surface area contributed by atoms with E-state index >= 15 is 0 Å². The zero-order chi connectivity index (χ0) is 11.0. The van der Waals surface area contributed by atoms with Gasteiger partial charge in [0.1, 0.15) is 0 Å². The van der Waals surface area contributed by atoms with Crippen molar-refractivity contribution in [2.75, 3.05) is 5.75 Å². The van der Waals surface area contributed by atoms with Gasteiger partial charge in [-0.3, -0.25) is 0 Å². The molecule has 0 spiro atoms. The Kier molecular flexibility index (Phi) is 2.81. The number of allylic oxidation sites excluding steroid dienone is 1. The topological polar surface area (TPSA) is 0 Å². The van der Waals surface area contributed by atoms with Crippen LogP contribution in [0.15, 0.2) is 35.7 Å².